The normalized spacial score (nSPS) is 13.4. The number of ether oxygens (including phenoxy) is 1. The number of hydrogen-bond donors (Lipinski definition) is 2. The van der Waals surface area contributed by atoms with E-state index in [1.54, 1.807) is 25.1 Å². The van der Waals surface area contributed by atoms with Crippen LogP contribution in [0.5, 0.6) is 5.75 Å². The number of carboxylic acids is 1. The molecule has 2 N–H and O–H groups in total. The summed E-state index contributed by atoms with van der Waals surface area (Å²) in [5, 5.41) is 12.1. The van der Waals surface area contributed by atoms with E-state index in [0.29, 0.717) is 10.8 Å². The fraction of sp³-hybridized carbons (Fsp3) is 0.429. The number of carbonyl (C=O) groups is 2. The Bertz CT molecular complexity index is 504. The summed E-state index contributed by atoms with van der Waals surface area (Å²) in [5.74, 6) is -1.43. The molecule has 0 saturated carbocycles. The molecule has 1 aromatic rings. The summed E-state index contributed by atoms with van der Waals surface area (Å²) >= 11 is 5.89. The Kier molecular flexibility index (Phi) is 5.82. The van der Waals surface area contributed by atoms with Gasteiger partial charge >= 0.3 is 5.97 Å². The second kappa shape index (κ2) is 7.14. The third-order valence-electron chi connectivity index (χ3n) is 3.03. The van der Waals surface area contributed by atoms with Crippen LogP contribution in [0.4, 0.5) is 0 Å². The minimum Gasteiger partial charge on any atom is -0.484 e. The quantitative estimate of drug-likeness (QED) is 0.845. The van der Waals surface area contributed by atoms with Crippen LogP contribution in [0.25, 0.3) is 0 Å². The van der Waals surface area contributed by atoms with Gasteiger partial charge in [-0.2, -0.15) is 0 Å². The van der Waals surface area contributed by atoms with Crippen LogP contribution >= 0.6 is 11.6 Å². The van der Waals surface area contributed by atoms with Crippen LogP contribution in [-0.2, 0) is 9.59 Å². The molecule has 0 spiro atoms. The number of nitrogens with one attached hydrogen (secondary N) is 1. The monoisotopic (exact) mass is 299 g/mol. The molecule has 2 unspecified atom stereocenters. The smallest absolute Gasteiger partial charge is 0.308 e. The average molecular weight is 300 g/mol. The van der Waals surface area contributed by atoms with Crippen LogP contribution < -0.4 is 10.1 Å². The lowest BCUT2D eigenvalue weighted by Crippen LogP contribution is -2.42. The van der Waals surface area contributed by atoms with Crippen molar-refractivity contribution in [2.24, 2.45) is 5.92 Å². The average Bonchev–Trinajstić information content (AvgIpc) is 2.39. The van der Waals surface area contributed by atoms with Gasteiger partial charge in [-0.3, -0.25) is 9.59 Å². The molecule has 0 radical (unpaired) electrons. The lowest BCUT2D eigenvalue weighted by molar-refractivity contribution is -0.142. The lowest BCUT2D eigenvalue weighted by atomic mass is 10.0. The molecule has 6 heteroatoms. The van der Waals surface area contributed by atoms with Crippen LogP contribution in [0.1, 0.15) is 19.4 Å². The summed E-state index contributed by atoms with van der Waals surface area (Å²) in [7, 11) is 0. The summed E-state index contributed by atoms with van der Waals surface area (Å²) in [6.45, 7) is 4.85. The Balaban J connectivity index is 2.47. The maximum Gasteiger partial charge on any atom is 0.308 e. The first-order valence-electron chi connectivity index (χ1n) is 6.22. The number of halogens is 1. The van der Waals surface area contributed by atoms with Crippen molar-refractivity contribution < 1.29 is 19.4 Å². The van der Waals surface area contributed by atoms with Crippen molar-refractivity contribution in [3.8, 4) is 5.75 Å². The number of rotatable bonds is 6. The molecule has 5 nitrogen and oxygen atoms in total. The van der Waals surface area contributed by atoms with Gasteiger partial charge in [0.2, 0.25) is 0 Å². The molecule has 1 rings (SSSR count). The Labute approximate surface area is 122 Å². The fourth-order valence-corrected chi connectivity index (χ4v) is 1.61. The molecule has 1 aromatic carbocycles. The van der Waals surface area contributed by atoms with Crippen LogP contribution in [-0.4, -0.2) is 29.6 Å². The summed E-state index contributed by atoms with van der Waals surface area (Å²) < 4.78 is 5.33. The van der Waals surface area contributed by atoms with E-state index in [1.165, 1.54) is 6.92 Å². The molecular weight excluding hydrogens is 282 g/mol. The topological polar surface area (TPSA) is 75.6 Å². The molecule has 110 valence electrons. The molecule has 1 amide bonds. The van der Waals surface area contributed by atoms with Gasteiger partial charge in [0, 0.05) is 11.1 Å². The van der Waals surface area contributed by atoms with Gasteiger partial charge in [-0.15, -0.1) is 0 Å². The summed E-state index contributed by atoms with van der Waals surface area (Å²) in [6.07, 6.45) is 0. The standard InChI is InChI=1S/C14H18ClNO4/c1-8-6-11(4-5-12(8)15)20-7-13(17)16-10(3)9(2)14(18)19/h4-6,9-10H,7H2,1-3H3,(H,16,17)(H,18,19). The molecule has 0 aliphatic rings. The lowest BCUT2D eigenvalue weighted by Gasteiger charge is -2.17. The largest absolute Gasteiger partial charge is 0.484 e. The maximum absolute atomic E-state index is 11.7. The Morgan fingerprint density at radius 3 is 2.60 bits per heavy atom. The van der Waals surface area contributed by atoms with Gasteiger partial charge in [-0.05, 0) is 44.5 Å². The highest BCUT2D eigenvalue weighted by Crippen LogP contribution is 2.20. The van der Waals surface area contributed by atoms with Crippen LogP contribution in [0, 0.1) is 12.8 Å². The summed E-state index contributed by atoms with van der Waals surface area (Å²) in [5.41, 5.74) is 0.859. The number of hydrogen-bond acceptors (Lipinski definition) is 3. The predicted molar refractivity (Wildman–Crippen MR) is 76.1 cm³/mol. The van der Waals surface area contributed by atoms with Gasteiger partial charge in [-0.1, -0.05) is 11.6 Å². The summed E-state index contributed by atoms with van der Waals surface area (Å²) in [4.78, 5) is 22.4. The van der Waals surface area contributed by atoms with E-state index in [2.05, 4.69) is 5.32 Å². The van der Waals surface area contributed by atoms with Crippen molar-refractivity contribution in [2.45, 2.75) is 26.8 Å². The third-order valence-corrected chi connectivity index (χ3v) is 3.45. The van der Waals surface area contributed by atoms with Gasteiger partial charge in [-0.25, -0.2) is 0 Å². The highest BCUT2D eigenvalue weighted by Gasteiger charge is 2.20. The van der Waals surface area contributed by atoms with Crippen LogP contribution in [0.3, 0.4) is 0 Å². The third kappa shape index (κ3) is 4.74. The number of carbonyl (C=O) groups excluding carboxylic acids is 1. The minimum atomic E-state index is -0.952. The Morgan fingerprint density at radius 1 is 1.40 bits per heavy atom. The van der Waals surface area contributed by atoms with E-state index < -0.39 is 17.9 Å². The molecule has 0 fully saturated rings. The first kappa shape index (κ1) is 16.3. The van der Waals surface area contributed by atoms with Gasteiger partial charge in [0.15, 0.2) is 6.61 Å². The number of benzene rings is 1. The van der Waals surface area contributed by atoms with Crippen molar-refractivity contribution in [3.63, 3.8) is 0 Å². The Hall–Kier alpha value is -1.75. The summed E-state index contributed by atoms with van der Waals surface area (Å²) in [6, 6.07) is 4.64. The SMILES string of the molecule is Cc1cc(OCC(=O)NC(C)C(C)C(=O)O)ccc1Cl. The van der Waals surface area contributed by atoms with Crippen LogP contribution in [0.2, 0.25) is 5.02 Å². The highest BCUT2D eigenvalue weighted by atomic mass is 35.5. The second-order valence-corrected chi connectivity index (χ2v) is 5.09. The molecule has 0 aliphatic heterocycles. The maximum atomic E-state index is 11.7. The molecule has 0 heterocycles. The molecule has 2 atom stereocenters. The van der Waals surface area contributed by atoms with Gasteiger partial charge in [0.25, 0.3) is 5.91 Å². The minimum absolute atomic E-state index is 0.169. The molecular formula is C14H18ClNO4. The van der Waals surface area contributed by atoms with E-state index in [0.717, 1.165) is 5.56 Å². The van der Waals surface area contributed by atoms with Gasteiger partial charge in [0.05, 0.1) is 5.92 Å². The molecule has 0 aromatic heterocycles. The predicted octanol–water partition coefficient (Wildman–Crippen LogP) is 2.25. The molecule has 0 aliphatic carbocycles. The van der Waals surface area contributed by atoms with E-state index in [-0.39, 0.29) is 12.5 Å². The first-order chi connectivity index (χ1) is 9.31. The number of aliphatic carboxylic acids is 1. The zero-order valence-electron chi connectivity index (χ0n) is 11.6. The highest BCUT2D eigenvalue weighted by molar-refractivity contribution is 6.31. The van der Waals surface area contributed by atoms with Crippen molar-refractivity contribution in [1.82, 2.24) is 5.32 Å². The fourth-order valence-electron chi connectivity index (χ4n) is 1.49. The molecule has 0 bridgehead atoms. The van der Waals surface area contributed by atoms with Gasteiger partial charge < -0.3 is 15.2 Å². The van der Waals surface area contributed by atoms with E-state index in [1.807, 2.05) is 6.92 Å². The van der Waals surface area contributed by atoms with Crippen molar-refractivity contribution in [1.29, 1.82) is 0 Å². The van der Waals surface area contributed by atoms with E-state index in [4.69, 9.17) is 21.4 Å². The van der Waals surface area contributed by atoms with E-state index in [9.17, 15) is 9.59 Å². The molecule has 20 heavy (non-hydrogen) atoms. The number of amides is 1. The second-order valence-electron chi connectivity index (χ2n) is 4.68. The number of aryl methyl sites for hydroxylation is 1. The zero-order valence-corrected chi connectivity index (χ0v) is 12.4. The van der Waals surface area contributed by atoms with Crippen molar-refractivity contribution in [3.05, 3.63) is 28.8 Å². The Morgan fingerprint density at radius 2 is 2.05 bits per heavy atom. The first-order valence-corrected chi connectivity index (χ1v) is 6.60. The number of carboxylic acid groups (broad SMARTS) is 1. The van der Waals surface area contributed by atoms with E-state index >= 15 is 0 Å². The molecule has 0 saturated heterocycles. The van der Waals surface area contributed by atoms with Gasteiger partial charge in [0.1, 0.15) is 5.75 Å². The zero-order chi connectivity index (χ0) is 15.3. The van der Waals surface area contributed by atoms with Crippen molar-refractivity contribution in [2.75, 3.05) is 6.61 Å². The van der Waals surface area contributed by atoms with Crippen molar-refractivity contribution >= 4 is 23.5 Å². The van der Waals surface area contributed by atoms with Crippen LogP contribution in [0.15, 0.2) is 18.2 Å².